The highest BCUT2D eigenvalue weighted by molar-refractivity contribution is 5.30. The zero-order valence-electron chi connectivity index (χ0n) is 14.4. The van der Waals surface area contributed by atoms with Crippen LogP contribution in [0, 0.1) is 0 Å². The SMILES string of the molecule is CC/C=C\CC(CCC)c1ccc(OCc2ccccc2)cc1. The molecule has 1 atom stereocenters. The minimum absolute atomic E-state index is 0.617. The molecule has 0 fully saturated rings. The largest absolute Gasteiger partial charge is 0.489 e. The molecule has 0 radical (unpaired) electrons. The molecule has 0 bridgehead atoms. The van der Waals surface area contributed by atoms with E-state index in [9.17, 15) is 0 Å². The lowest BCUT2D eigenvalue weighted by Gasteiger charge is -2.15. The summed E-state index contributed by atoms with van der Waals surface area (Å²) in [6.07, 6.45) is 9.28. The third-order valence-electron chi connectivity index (χ3n) is 4.06. The highest BCUT2D eigenvalue weighted by atomic mass is 16.5. The maximum Gasteiger partial charge on any atom is 0.119 e. The van der Waals surface area contributed by atoms with Crippen LogP contribution >= 0.6 is 0 Å². The minimum Gasteiger partial charge on any atom is -0.489 e. The number of rotatable bonds is 9. The van der Waals surface area contributed by atoms with Crippen LogP contribution < -0.4 is 4.74 Å². The fraction of sp³-hybridized carbons (Fsp3) is 0.364. The van der Waals surface area contributed by atoms with E-state index in [0.29, 0.717) is 12.5 Å². The van der Waals surface area contributed by atoms with E-state index in [1.807, 2.05) is 18.2 Å². The van der Waals surface area contributed by atoms with Crippen LogP contribution in [0.3, 0.4) is 0 Å². The quantitative estimate of drug-likeness (QED) is 0.480. The lowest BCUT2D eigenvalue weighted by Crippen LogP contribution is -1.99. The monoisotopic (exact) mass is 308 g/mol. The molecule has 2 rings (SSSR count). The summed E-state index contributed by atoms with van der Waals surface area (Å²) in [5, 5.41) is 0. The molecule has 1 nitrogen and oxygen atoms in total. The molecule has 0 heterocycles. The second kappa shape index (κ2) is 9.89. The highest BCUT2D eigenvalue weighted by Gasteiger charge is 2.09. The Labute approximate surface area is 141 Å². The number of ether oxygens (including phenoxy) is 1. The standard InChI is InChI=1S/C22H28O/c1-3-5-7-13-20(10-4-2)21-14-16-22(17-15-21)23-18-19-11-8-6-9-12-19/h5-9,11-12,14-17,20H,3-4,10,13,18H2,1-2H3/b7-5-. The number of hydrogen-bond acceptors (Lipinski definition) is 1. The van der Waals surface area contributed by atoms with Gasteiger partial charge in [0.05, 0.1) is 0 Å². The van der Waals surface area contributed by atoms with Gasteiger partial charge in [0.2, 0.25) is 0 Å². The van der Waals surface area contributed by atoms with E-state index < -0.39 is 0 Å². The zero-order chi connectivity index (χ0) is 16.3. The summed E-state index contributed by atoms with van der Waals surface area (Å²) in [6, 6.07) is 18.9. The highest BCUT2D eigenvalue weighted by Crippen LogP contribution is 2.27. The van der Waals surface area contributed by atoms with Gasteiger partial charge in [-0.1, -0.05) is 74.9 Å². The van der Waals surface area contributed by atoms with E-state index >= 15 is 0 Å². The molecular formula is C22H28O. The Balaban J connectivity index is 1.95. The lowest BCUT2D eigenvalue weighted by atomic mass is 9.91. The molecule has 2 aromatic rings. The van der Waals surface area contributed by atoms with Gasteiger partial charge < -0.3 is 4.74 Å². The van der Waals surface area contributed by atoms with Gasteiger partial charge in [0.25, 0.3) is 0 Å². The fourth-order valence-electron chi connectivity index (χ4n) is 2.77. The van der Waals surface area contributed by atoms with Crippen LogP contribution in [0.4, 0.5) is 0 Å². The summed E-state index contributed by atoms with van der Waals surface area (Å²) in [7, 11) is 0. The van der Waals surface area contributed by atoms with E-state index in [2.05, 4.69) is 62.4 Å². The maximum atomic E-state index is 5.87. The summed E-state index contributed by atoms with van der Waals surface area (Å²) >= 11 is 0. The third kappa shape index (κ3) is 5.94. The molecule has 0 amide bonds. The first-order chi connectivity index (χ1) is 11.3. The van der Waals surface area contributed by atoms with Gasteiger partial charge in [-0.2, -0.15) is 0 Å². The van der Waals surface area contributed by atoms with E-state index in [0.717, 1.165) is 18.6 Å². The number of benzene rings is 2. The first kappa shape index (κ1) is 17.3. The molecular weight excluding hydrogens is 280 g/mol. The van der Waals surface area contributed by atoms with Crippen molar-refractivity contribution < 1.29 is 4.74 Å². The third-order valence-corrected chi connectivity index (χ3v) is 4.06. The first-order valence-corrected chi connectivity index (χ1v) is 8.75. The predicted octanol–water partition coefficient (Wildman–Crippen LogP) is 6.51. The predicted molar refractivity (Wildman–Crippen MR) is 98.9 cm³/mol. The Bertz CT molecular complexity index is 569. The van der Waals surface area contributed by atoms with Gasteiger partial charge in [0.15, 0.2) is 0 Å². The van der Waals surface area contributed by atoms with E-state index in [-0.39, 0.29) is 0 Å². The average molecular weight is 308 g/mol. The molecule has 23 heavy (non-hydrogen) atoms. The van der Waals surface area contributed by atoms with Crippen molar-refractivity contribution in [3.05, 3.63) is 77.9 Å². The topological polar surface area (TPSA) is 9.23 Å². The summed E-state index contributed by atoms with van der Waals surface area (Å²) in [5.74, 6) is 1.56. The second-order valence-corrected chi connectivity index (χ2v) is 5.94. The minimum atomic E-state index is 0.617. The van der Waals surface area contributed by atoms with Crippen molar-refractivity contribution in [2.75, 3.05) is 0 Å². The molecule has 0 aliphatic rings. The van der Waals surface area contributed by atoms with Crippen molar-refractivity contribution in [2.24, 2.45) is 0 Å². The van der Waals surface area contributed by atoms with Crippen LogP contribution in [-0.2, 0) is 6.61 Å². The van der Waals surface area contributed by atoms with Gasteiger partial charge in [0, 0.05) is 0 Å². The van der Waals surface area contributed by atoms with Crippen LogP contribution in [0.2, 0.25) is 0 Å². The van der Waals surface area contributed by atoms with Crippen LogP contribution in [0.1, 0.15) is 56.6 Å². The normalized spacial score (nSPS) is 12.4. The Kier molecular flexibility index (Phi) is 7.45. The molecule has 1 heteroatoms. The molecule has 0 saturated carbocycles. The van der Waals surface area contributed by atoms with Gasteiger partial charge in [-0.25, -0.2) is 0 Å². The smallest absolute Gasteiger partial charge is 0.119 e. The number of allylic oxidation sites excluding steroid dienone is 2. The van der Waals surface area contributed by atoms with Crippen LogP contribution in [0.15, 0.2) is 66.7 Å². The Hall–Kier alpha value is -2.02. The van der Waals surface area contributed by atoms with Crippen molar-refractivity contribution >= 4 is 0 Å². The van der Waals surface area contributed by atoms with Gasteiger partial charge in [-0.3, -0.25) is 0 Å². The van der Waals surface area contributed by atoms with Crippen molar-refractivity contribution in [3.63, 3.8) is 0 Å². The second-order valence-electron chi connectivity index (χ2n) is 5.94. The first-order valence-electron chi connectivity index (χ1n) is 8.75. The molecule has 0 N–H and O–H groups in total. The zero-order valence-corrected chi connectivity index (χ0v) is 14.4. The molecule has 0 aliphatic heterocycles. The molecule has 1 unspecified atom stereocenters. The van der Waals surface area contributed by atoms with Gasteiger partial charge in [0.1, 0.15) is 12.4 Å². The van der Waals surface area contributed by atoms with Gasteiger partial charge in [-0.05, 0) is 48.4 Å². The van der Waals surface area contributed by atoms with Crippen molar-refractivity contribution in [1.82, 2.24) is 0 Å². The van der Waals surface area contributed by atoms with Gasteiger partial charge >= 0.3 is 0 Å². The summed E-state index contributed by atoms with van der Waals surface area (Å²) < 4.78 is 5.87. The molecule has 0 aromatic heterocycles. The Morgan fingerprint density at radius 1 is 0.913 bits per heavy atom. The van der Waals surface area contributed by atoms with Crippen LogP contribution in [0.5, 0.6) is 5.75 Å². The lowest BCUT2D eigenvalue weighted by molar-refractivity contribution is 0.306. The van der Waals surface area contributed by atoms with Crippen LogP contribution in [-0.4, -0.2) is 0 Å². The molecule has 122 valence electrons. The van der Waals surface area contributed by atoms with Crippen LogP contribution in [0.25, 0.3) is 0 Å². The fourth-order valence-corrected chi connectivity index (χ4v) is 2.77. The molecule has 2 aromatic carbocycles. The van der Waals surface area contributed by atoms with Crippen molar-refractivity contribution in [1.29, 1.82) is 0 Å². The average Bonchev–Trinajstić information content (AvgIpc) is 2.61. The Morgan fingerprint density at radius 3 is 2.30 bits per heavy atom. The molecule has 0 saturated heterocycles. The van der Waals surface area contributed by atoms with E-state index in [4.69, 9.17) is 4.74 Å². The van der Waals surface area contributed by atoms with Crippen molar-refractivity contribution in [3.8, 4) is 5.75 Å². The van der Waals surface area contributed by atoms with E-state index in [1.54, 1.807) is 0 Å². The summed E-state index contributed by atoms with van der Waals surface area (Å²) in [4.78, 5) is 0. The van der Waals surface area contributed by atoms with Gasteiger partial charge in [-0.15, -0.1) is 0 Å². The van der Waals surface area contributed by atoms with E-state index in [1.165, 1.54) is 24.0 Å². The molecule has 0 aliphatic carbocycles. The summed E-state index contributed by atoms with van der Waals surface area (Å²) in [5.41, 5.74) is 2.62. The Morgan fingerprint density at radius 2 is 1.65 bits per heavy atom. The maximum absolute atomic E-state index is 5.87. The molecule has 0 spiro atoms. The van der Waals surface area contributed by atoms with Crippen molar-refractivity contribution in [2.45, 2.75) is 52.1 Å². The number of hydrogen-bond donors (Lipinski definition) is 0. The summed E-state index contributed by atoms with van der Waals surface area (Å²) in [6.45, 7) is 5.07.